The molecule has 16 heavy (non-hydrogen) atoms. The normalized spacial score (nSPS) is 8.94. The monoisotopic (exact) mass is 246 g/mol. The van der Waals surface area contributed by atoms with Crippen LogP contribution in [0.3, 0.4) is 0 Å². The number of carboxylic acid groups (broad SMARTS) is 2. The van der Waals surface area contributed by atoms with Crippen LogP contribution in [0.4, 0.5) is 0 Å². The Labute approximate surface area is 97.4 Å². The number of halogens is 1. The molecule has 0 unspecified atom stereocenters. The molecule has 0 bridgehead atoms. The molecular formula is C10H11ClO5. The number of carboxylic acids is 2. The lowest BCUT2D eigenvalue weighted by atomic mass is 10.2. The molecule has 0 atom stereocenters. The third kappa shape index (κ3) is 5.87. The van der Waals surface area contributed by atoms with E-state index >= 15 is 0 Å². The zero-order valence-electron chi connectivity index (χ0n) is 8.46. The molecule has 0 radical (unpaired) electrons. The van der Waals surface area contributed by atoms with Crippen LogP contribution in [0.15, 0.2) is 30.3 Å². The van der Waals surface area contributed by atoms with Gasteiger partial charge in [0.05, 0.1) is 0 Å². The number of aliphatic carboxylic acids is 2. The molecule has 0 fully saturated rings. The predicted molar refractivity (Wildman–Crippen MR) is 57.4 cm³/mol. The lowest BCUT2D eigenvalue weighted by molar-refractivity contribution is -0.153. The molecular weight excluding hydrogens is 236 g/mol. The van der Waals surface area contributed by atoms with Crippen LogP contribution in [0.25, 0.3) is 0 Å². The highest BCUT2D eigenvalue weighted by Crippen LogP contribution is 2.08. The van der Waals surface area contributed by atoms with Gasteiger partial charge in [0.2, 0.25) is 0 Å². The van der Waals surface area contributed by atoms with Gasteiger partial charge in [0.25, 0.3) is 0 Å². The van der Waals surface area contributed by atoms with Crippen LogP contribution >= 0.6 is 11.9 Å². The van der Waals surface area contributed by atoms with Crippen LogP contribution in [0, 0.1) is 5.92 Å². The third-order valence-corrected chi connectivity index (χ3v) is 1.75. The molecule has 5 nitrogen and oxygen atoms in total. The van der Waals surface area contributed by atoms with Gasteiger partial charge < -0.3 is 14.5 Å². The Bertz CT molecular complexity index is 324. The van der Waals surface area contributed by atoms with E-state index in [2.05, 4.69) is 4.29 Å². The van der Waals surface area contributed by atoms with Crippen LogP contribution in [0.1, 0.15) is 6.92 Å². The zero-order chi connectivity index (χ0) is 12.6. The third-order valence-electron chi connectivity index (χ3n) is 1.57. The Morgan fingerprint density at radius 2 is 1.62 bits per heavy atom. The molecule has 1 aromatic rings. The molecule has 1 rings (SSSR count). The number of hydrogen-bond donors (Lipinski definition) is 2. The van der Waals surface area contributed by atoms with Crippen LogP contribution in [0.2, 0.25) is 0 Å². The van der Waals surface area contributed by atoms with Crippen molar-refractivity contribution in [2.75, 3.05) is 0 Å². The average molecular weight is 247 g/mol. The molecule has 1 aromatic carbocycles. The number of hydrogen-bond acceptors (Lipinski definition) is 3. The second kappa shape index (κ2) is 7.53. The summed E-state index contributed by atoms with van der Waals surface area (Å²) in [5.41, 5.74) is 0. The maximum absolute atomic E-state index is 9.76. The molecule has 0 spiro atoms. The minimum absolute atomic E-state index is 0.675. The molecule has 0 saturated carbocycles. The number of para-hydroxylation sites is 1. The summed E-state index contributed by atoms with van der Waals surface area (Å²) in [5, 5.41) is 15.9. The molecule has 0 aliphatic carbocycles. The van der Waals surface area contributed by atoms with Crippen molar-refractivity contribution in [2.45, 2.75) is 6.92 Å². The summed E-state index contributed by atoms with van der Waals surface area (Å²) in [6, 6.07) is 9.19. The van der Waals surface area contributed by atoms with Crippen molar-refractivity contribution in [3.05, 3.63) is 30.3 Å². The van der Waals surface area contributed by atoms with Gasteiger partial charge in [-0.05, 0) is 19.1 Å². The summed E-state index contributed by atoms with van der Waals surface area (Å²) in [4.78, 5) is 19.5. The van der Waals surface area contributed by atoms with Gasteiger partial charge in [0.15, 0.2) is 5.92 Å². The van der Waals surface area contributed by atoms with E-state index in [1.165, 1.54) is 0 Å². The Kier molecular flexibility index (Phi) is 6.71. The van der Waals surface area contributed by atoms with Crippen LogP contribution in [0.5, 0.6) is 5.75 Å². The van der Waals surface area contributed by atoms with Crippen LogP contribution < -0.4 is 4.29 Å². The molecule has 0 aliphatic heterocycles. The Hall–Kier alpha value is -1.75. The van der Waals surface area contributed by atoms with Gasteiger partial charge in [-0.3, -0.25) is 9.59 Å². The highest BCUT2D eigenvalue weighted by Gasteiger charge is 2.18. The average Bonchev–Trinajstić information content (AvgIpc) is 2.29. The summed E-state index contributed by atoms with van der Waals surface area (Å²) in [7, 11) is 0. The SMILES string of the molecule is CC(C(=O)O)C(=O)O.ClOc1ccccc1. The molecule has 0 saturated heterocycles. The zero-order valence-corrected chi connectivity index (χ0v) is 9.22. The van der Waals surface area contributed by atoms with E-state index in [-0.39, 0.29) is 0 Å². The summed E-state index contributed by atoms with van der Waals surface area (Å²) in [6.07, 6.45) is 0. The van der Waals surface area contributed by atoms with Gasteiger partial charge in [-0.2, -0.15) is 0 Å². The number of carbonyl (C=O) groups is 2. The fourth-order valence-corrected chi connectivity index (χ4v) is 0.680. The standard InChI is InChI=1S/C6H5ClO.C4H6O4/c7-8-6-4-2-1-3-5-6;1-2(3(5)6)4(7)8/h1-5H;2H,1H3,(H,5,6)(H,7,8). The lowest BCUT2D eigenvalue weighted by Crippen LogP contribution is -2.19. The van der Waals surface area contributed by atoms with E-state index in [9.17, 15) is 9.59 Å². The molecule has 2 N–H and O–H groups in total. The van der Waals surface area contributed by atoms with Crippen molar-refractivity contribution in [3.8, 4) is 5.75 Å². The first-order valence-corrected chi connectivity index (χ1v) is 4.59. The van der Waals surface area contributed by atoms with Crippen molar-refractivity contribution < 1.29 is 24.1 Å². The second-order valence-corrected chi connectivity index (χ2v) is 2.94. The minimum Gasteiger partial charge on any atom is -0.481 e. The van der Waals surface area contributed by atoms with Crippen LogP contribution in [-0.2, 0) is 9.59 Å². The molecule has 0 aromatic heterocycles. The van der Waals surface area contributed by atoms with Gasteiger partial charge in [-0.25, -0.2) is 0 Å². The summed E-state index contributed by atoms with van der Waals surface area (Å²) in [5.74, 6) is -3.24. The maximum Gasteiger partial charge on any atom is 0.317 e. The summed E-state index contributed by atoms with van der Waals surface area (Å²) in [6.45, 7) is 1.12. The van der Waals surface area contributed by atoms with E-state index in [0.29, 0.717) is 5.75 Å². The molecule has 0 amide bonds. The van der Waals surface area contributed by atoms with E-state index < -0.39 is 17.9 Å². The van der Waals surface area contributed by atoms with E-state index in [1.54, 1.807) is 12.1 Å². The fourth-order valence-electron chi connectivity index (χ4n) is 0.578. The smallest absolute Gasteiger partial charge is 0.317 e. The van der Waals surface area contributed by atoms with Gasteiger partial charge in [0, 0.05) is 0 Å². The number of rotatable bonds is 3. The van der Waals surface area contributed by atoms with Crippen molar-refractivity contribution in [2.24, 2.45) is 5.92 Å². The van der Waals surface area contributed by atoms with E-state index in [4.69, 9.17) is 22.1 Å². The largest absolute Gasteiger partial charge is 0.481 e. The summed E-state index contributed by atoms with van der Waals surface area (Å²) < 4.78 is 4.39. The topological polar surface area (TPSA) is 83.8 Å². The highest BCUT2D eigenvalue weighted by molar-refractivity contribution is 6.09. The van der Waals surface area contributed by atoms with Crippen molar-refractivity contribution in [1.82, 2.24) is 0 Å². The first-order valence-electron chi connectivity index (χ1n) is 4.28. The molecule has 88 valence electrons. The highest BCUT2D eigenvalue weighted by atomic mass is 35.5. The van der Waals surface area contributed by atoms with Gasteiger partial charge in [-0.15, -0.1) is 0 Å². The van der Waals surface area contributed by atoms with Gasteiger partial charge in [0.1, 0.15) is 17.6 Å². The van der Waals surface area contributed by atoms with Crippen LogP contribution in [-0.4, -0.2) is 22.2 Å². The quantitative estimate of drug-likeness (QED) is 0.797. The predicted octanol–water partition coefficient (Wildman–Crippen LogP) is 2.01. The Balaban J connectivity index is 0.000000281. The van der Waals surface area contributed by atoms with Crippen molar-refractivity contribution >= 4 is 23.8 Å². The Morgan fingerprint density at radius 1 is 1.19 bits per heavy atom. The van der Waals surface area contributed by atoms with Gasteiger partial charge in [-0.1, -0.05) is 18.2 Å². The maximum atomic E-state index is 9.76. The first kappa shape index (κ1) is 14.2. The van der Waals surface area contributed by atoms with E-state index in [1.807, 2.05) is 18.2 Å². The molecule has 0 aliphatic rings. The fraction of sp³-hybridized carbons (Fsp3) is 0.200. The number of benzene rings is 1. The van der Waals surface area contributed by atoms with Crippen molar-refractivity contribution in [3.63, 3.8) is 0 Å². The Morgan fingerprint density at radius 3 is 1.81 bits per heavy atom. The minimum atomic E-state index is -1.31. The second-order valence-electron chi connectivity index (χ2n) is 2.79. The lowest BCUT2D eigenvalue weighted by Gasteiger charge is -1.94. The first-order chi connectivity index (χ1) is 7.49. The van der Waals surface area contributed by atoms with E-state index in [0.717, 1.165) is 6.92 Å². The summed E-state index contributed by atoms with van der Waals surface area (Å²) >= 11 is 5.03. The van der Waals surface area contributed by atoms with Crippen molar-refractivity contribution in [1.29, 1.82) is 0 Å². The molecule has 0 heterocycles. The molecule has 6 heteroatoms. The van der Waals surface area contributed by atoms with Gasteiger partial charge >= 0.3 is 11.9 Å².